The molecule has 2 aromatic carbocycles. The van der Waals surface area contributed by atoms with Crippen LogP contribution in [-0.4, -0.2) is 10.7 Å². The largest absolute Gasteiger partial charge is 0.417 e. The summed E-state index contributed by atoms with van der Waals surface area (Å²) < 4.78 is 37.8. The third-order valence-corrected chi connectivity index (χ3v) is 5.35. The van der Waals surface area contributed by atoms with E-state index in [4.69, 9.17) is 0 Å². The number of nitrogens with zero attached hydrogens (tertiary/aromatic N) is 2. The van der Waals surface area contributed by atoms with Crippen LogP contribution in [0.4, 0.5) is 30.4 Å². The molecular weight excluding hydrogens is 385 g/mol. The van der Waals surface area contributed by atoms with E-state index in [1.807, 2.05) is 43.3 Å². The van der Waals surface area contributed by atoms with Gasteiger partial charge in [-0.3, -0.25) is 5.43 Å². The van der Waals surface area contributed by atoms with Gasteiger partial charge in [0.25, 0.3) is 0 Å². The normalized spacial score (nSPS) is 13.4. The van der Waals surface area contributed by atoms with Crippen LogP contribution in [0.5, 0.6) is 0 Å². The fraction of sp³-hybridized carbons (Fsp3) is 0.100. The van der Waals surface area contributed by atoms with E-state index in [9.17, 15) is 13.2 Å². The van der Waals surface area contributed by atoms with Crippen molar-refractivity contribution in [2.24, 2.45) is 5.10 Å². The van der Waals surface area contributed by atoms with Gasteiger partial charge in [-0.15, -0.1) is 0 Å². The smallest absolute Gasteiger partial charge is 0.354 e. The number of anilines is 3. The van der Waals surface area contributed by atoms with E-state index < -0.39 is 11.7 Å². The highest BCUT2D eigenvalue weighted by Crippen LogP contribution is 2.44. The molecule has 0 saturated heterocycles. The van der Waals surface area contributed by atoms with Crippen LogP contribution in [-0.2, 0) is 6.18 Å². The highest BCUT2D eigenvalue weighted by atomic mass is 32.2. The van der Waals surface area contributed by atoms with Crippen molar-refractivity contribution in [2.75, 3.05) is 10.7 Å². The van der Waals surface area contributed by atoms with Crippen molar-refractivity contribution in [3.05, 3.63) is 71.9 Å². The standard InChI is InChI=1S/C20H15F3N4S/c1-12(26-27-19-9-7-14(11-24-19)20(21,22)23)13-6-8-18-16(10-13)25-15-4-2-3-5-17(15)28-18/h2-11,25H,1H3,(H,24,27). The number of pyridine rings is 1. The number of hydrazone groups is 1. The van der Waals surface area contributed by atoms with E-state index in [-0.39, 0.29) is 5.82 Å². The number of rotatable bonds is 3. The minimum absolute atomic E-state index is 0.243. The van der Waals surface area contributed by atoms with Crippen LogP contribution < -0.4 is 10.7 Å². The number of hydrogen-bond donors (Lipinski definition) is 2. The van der Waals surface area contributed by atoms with Crippen LogP contribution in [0.1, 0.15) is 18.1 Å². The number of aromatic nitrogens is 1. The number of hydrogen-bond acceptors (Lipinski definition) is 5. The molecule has 2 N–H and O–H groups in total. The summed E-state index contributed by atoms with van der Waals surface area (Å²) in [7, 11) is 0. The van der Waals surface area contributed by atoms with Crippen molar-refractivity contribution < 1.29 is 13.2 Å². The number of para-hydroxylation sites is 1. The van der Waals surface area contributed by atoms with E-state index in [1.165, 1.54) is 11.0 Å². The monoisotopic (exact) mass is 400 g/mol. The summed E-state index contributed by atoms with van der Waals surface area (Å²) >= 11 is 1.70. The molecule has 0 radical (unpaired) electrons. The first-order chi connectivity index (χ1) is 13.4. The minimum atomic E-state index is -4.41. The second-order valence-electron chi connectivity index (χ2n) is 6.17. The fourth-order valence-electron chi connectivity index (χ4n) is 2.70. The SMILES string of the molecule is CC(=NNc1ccc(C(F)(F)F)cn1)c1ccc2c(c1)Nc1ccccc1S2. The maximum atomic E-state index is 12.6. The lowest BCUT2D eigenvalue weighted by Crippen LogP contribution is -2.06. The zero-order valence-electron chi connectivity index (χ0n) is 14.7. The molecule has 0 saturated carbocycles. The Bertz CT molecular complexity index is 1050. The summed E-state index contributed by atoms with van der Waals surface area (Å²) in [5.74, 6) is 0.243. The average molecular weight is 400 g/mol. The van der Waals surface area contributed by atoms with Gasteiger partial charge in [-0.05, 0) is 48.9 Å². The van der Waals surface area contributed by atoms with Crippen molar-refractivity contribution in [3.63, 3.8) is 0 Å². The summed E-state index contributed by atoms with van der Waals surface area (Å²) in [6.07, 6.45) is -3.62. The average Bonchev–Trinajstić information content (AvgIpc) is 2.69. The van der Waals surface area contributed by atoms with Crippen LogP contribution >= 0.6 is 11.8 Å². The summed E-state index contributed by atoms with van der Waals surface area (Å²) in [4.78, 5) is 6.04. The van der Waals surface area contributed by atoms with Crippen LogP contribution in [0.2, 0.25) is 0 Å². The van der Waals surface area contributed by atoms with Crippen molar-refractivity contribution in [3.8, 4) is 0 Å². The molecule has 3 aromatic rings. The van der Waals surface area contributed by atoms with Crippen LogP contribution in [0.15, 0.2) is 75.7 Å². The third-order valence-electron chi connectivity index (χ3n) is 4.20. The summed E-state index contributed by atoms with van der Waals surface area (Å²) in [6, 6.07) is 16.3. The van der Waals surface area contributed by atoms with Gasteiger partial charge in [0.15, 0.2) is 0 Å². The zero-order valence-corrected chi connectivity index (χ0v) is 15.5. The predicted molar refractivity (Wildman–Crippen MR) is 105 cm³/mol. The van der Waals surface area contributed by atoms with E-state index >= 15 is 0 Å². The topological polar surface area (TPSA) is 49.3 Å². The van der Waals surface area contributed by atoms with Gasteiger partial charge in [0.2, 0.25) is 0 Å². The summed E-state index contributed by atoms with van der Waals surface area (Å²) in [6.45, 7) is 1.82. The van der Waals surface area contributed by atoms with Gasteiger partial charge in [-0.25, -0.2) is 4.98 Å². The Morgan fingerprint density at radius 3 is 2.57 bits per heavy atom. The number of benzene rings is 2. The van der Waals surface area contributed by atoms with Gasteiger partial charge in [0.1, 0.15) is 5.82 Å². The number of halogens is 3. The molecule has 142 valence electrons. The van der Waals surface area contributed by atoms with Crippen molar-refractivity contribution in [1.82, 2.24) is 4.98 Å². The Hall–Kier alpha value is -3.00. The van der Waals surface area contributed by atoms with E-state index in [0.29, 0.717) is 5.71 Å². The van der Waals surface area contributed by atoms with Gasteiger partial charge in [0, 0.05) is 16.0 Å². The molecule has 0 aliphatic carbocycles. The third kappa shape index (κ3) is 3.82. The number of alkyl halides is 3. The molecular formula is C20H15F3N4S. The first-order valence-electron chi connectivity index (χ1n) is 8.42. The Morgan fingerprint density at radius 1 is 1.04 bits per heavy atom. The molecule has 0 fully saturated rings. The molecule has 4 rings (SSSR count). The first kappa shape index (κ1) is 18.4. The molecule has 0 amide bonds. The first-order valence-corrected chi connectivity index (χ1v) is 9.24. The molecule has 8 heteroatoms. The maximum Gasteiger partial charge on any atom is 0.417 e. The van der Waals surface area contributed by atoms with Gasteiger partial charge in [-0.1, -0.05) is 30.0 Å². The molecule has 0 spiro atoms. The van der Waals surface area contributed by atoms with Crippen LogP contribution in [0, 0.1) is 0 Å². The van der Waals surface area contributed by atoms with Crippen molar-refractivity contribution in [2.45, 2.75) is 22.9 Å². The highest BCUT2D eigenvalue weighted by molar-refractivity contribution is 7.99. The maximum absolute atomic E-state index is 12.6. The Morgan fingerprint density at radius 2 is 1.82 bits per heavy atom. The van der Waals surface area contributed by atoms with Gasteiger partial charge in [-0.2, -0.15) is 18.3 Å². The minimum Gasteiger partial charge on any atom is -0.354 e. The molecule has 28 heavy (non-hydrogen) atoms. The number of nitrogens with one attached hydrogen (secondary N) is 2. The molecule has 1 aliphatic heterocycles. The van der Waals surface area contributed by atoms with E-state index in [1.54, 1.807) is 11.8 Å². The Labute approximate surface area is 163 Å². The fourth-order valence-corrected chi connectivity index (χ4v) is 3.67. The molecule has 0 atom stereocenters. The molecule has 2 heterocycles. The molecule has 0 bridgehead atoms. The van der Waals surface area contributed by atoms with E-state index in [0.717, 1.165) is 34.1 Å². The quantitative estimate of drug-likeness (QED) is 0.320. The van der Waals surface area contributed by atoms with Crippen molar-refractivity contribution in [1.29, 1.82) is 0 Å². The number of fused-ring (bicyclic) bond motifs is 2. The molecule has 4 nitrogen and oxygen atoms in total. The second kappa shape index (κ2) is 7.20. The van der Waals surface area contributed by atoms with Gasteiger partial charge < -0.3 is 5.32 Å². The summed E-state index contributed by atoms with van der Waals surface area (Å²) in [5, 5.41) is 7.65. The summed E-state index contributed by atoms with van der Waals surface area (Å²) in [5.41, 5.74) is 5.53. The van der Waals surface area contributed by atoms with Gasteiger partial charge in [0.05, 0.1) is 22.6 Å². The lowest BCUT2D eigenvalue weighted by atomic mass is 10.1. The van der Waals surface area contributed by atoms with Gasteiger partial charge >= 0.3 is 6.18 Å². The highest BCUT2D eigenvalue weighted by Gasteiger charge is 2.30. The predicted octanol–water partition coefficient (Wildman–Crippen LogP) is 6.14. The van der Waals surface area contributed by atoms with Crippen LogP contribution in [0.25, 0.3) is 0 Å². The molecule has 1 aromatic heterocycles. The zero-order chi connectivity index (χ0) is 19.7. The Kier molecular flexibility index (Phi) is 4.72. The van der Waals surface area contributed by atoms with E-state index in [2.05, 4.69) is 26.9 Å². The van der Waals surface area contributed by atoms with Crippen molar-refractivity contribution >= 4 is 34.7 Å². The second-order valence-corrected chi connectivity index (χ2v) is 7.26. The molecule has 1 aliphatic rings. The molecule has 0 unspecified atom stereocenters. The van der Waals surface area contributed by atoms with Crippen LogP contribution in [0.3, 0.4) is 0 Å². The lowest BCUT2D eigenvalue weighted by Gasteiger charge is -2.21. The Balaban J connectivity index is 1.50. The lowest BCUT2D eigenvalue weighted by molar-refractivity contribution is -0.137.